The molecule has 1 amide bonds. The molecule has 3 rings (SSSR count). The van der Waals surface area contributed by atoms with Gasteiger partial charge in [-0.1, -0.05) is 19.1 Å². The van der Waals surface area contributed by atoms with Gasteiger partial charge in [0, 0.05) is 39.3 Å². The molecule has 204 valence electrons. The molecular weight excluding hydrogens is 514 g/mol. The minimum atomic E-state index is -4.59. The van der Waals surface area contributed by atoms with Crippen molar-refractivity contribution in [2.75, 3.05) is 36.8 Å². The highest BCUT2D eigenvalue weighted by atomic mass is 32.2. The minimum absolute atomic E-state index is 0.0566. The maximum atomic E-state index is 14.6. The molecule has 0 spiro atoms. The number of nitrogens with zero attached hydrogens (tertiary/aromatic N) is 3. The molecule has 0 bridgehead atoms. The largest absolute Gasteiger partial charge is 0.433 e. The molecular formula is C24H31F4N5O3S. The zero-order valence-electron chi connectivity index (χ0n) is 21.1. The lowest BCUT2D eigenvalue weighted by atomic mass is 9.98. The van der Waals surface area contributed by atoms with E-state index in [0.29, 0.717) is 30.1 Å². The van der Waals surface area contributed by atoms with Crippen molar-refractivity contribution >= 4 is 27.6 Å². The first-order valence-electron chi connectivity index (χ1n) is 11.8. The molecule has 1 aromatic carbocycles. The SMILES string of the molecule is CC1CCN(c2nc(C(F)(F)F)ccc2CNC(=O)C(C)c2ccc(NS(=O)(=O)N(C)C)c(F)c2)CC1. The molecule has 8 nitrogen and oxygen atoms in total. The number of piperidine rings is 1. The number of aromatic nitrogens is 1. The first kappa shape index (κ1) is 28.6. The summed E-state index contributed by atoms with van der Waals surface area (Å²) in [5, 5.41) is 2.70. The summed E-state index contributed by atoms with van der Waals surface area (Å²) >= 11 is 0. The van der Waals surface area contributed by atoms with E-state index in [9.17, 15) is 30.8 Å². The number of halogens is 4. The Morgan fingerprint density at radius 1 is 1.19 bits per heavy atom. The van der Waals surface area contributed by atoms with Crippen molar-refractivity contribution < 1.29 is 30.8 Å². The van der Waals surface area contributed by atoms with Crippen molar-refractivity contribution in [3.63, 3.8) is 0 Å². The molecule has 0 aliphatic carbocycles. The van der Waals surface area contributed by atoms with Crippen LogP contribution in [0.4, 0.5) is 29.1 Å². The molecule has 1 atom stereocenters. The number of rotatable bonds is 8. The average molecular weight is 546 g/mol. The fourth-order valence-electron chi connectivity index (χ4n) is 3.87. The fourth-order valence-corrected chi connectivity index (χ4v) is 4.49. The number of benzene rings is 1. The van der Waals surface area contributed by atoms with E-state index in [1.807, 2.05) is 4.90 Å². The van der Waals surface area contributed by atoms with Crippen LogP contribution in [-0.2, 0) is 27.7 Å². The first-order valence-corrected chi connectivity index (χ1v) is 13.2. The number of alkyl halides is 3. The van der Waals surface area contributed by atoms with Crippen molar-refractivity contribution in [2.45, 2.75) is 45.3 Å². The number of anilines is 2. The van der Waals surface area contributed by atoms with Gasteiger partial charge in [0.15, 0.2) is 0 Å². The van der Waals surface area contributed by atoms with Gasteiger partial charge in [0.05, 0.1) is 11.6 Å². The Morgan fingerprint density at radius 3 is 2.41 bits per heavy atom. The third-order valence-electron chi connectivity index (χ3n) is 6.39. The highest BCUT2D eigenvalue weighted by Gasteiger charge is 2.34. The van der Waals surface area contributed by atoms with Gasteiger partial charge in [0.25, 0.3) is 0 Å². The van der Waals surface area contributed by atoms with E-state index in [-0.39, 0.29) is 18.1 Å². The second-order valence-corrected chi connectivity index (χ2v) is 11.3. The molecule has 2 aromatic rings. The summed E-state index contributed by atoms with van der Waals surface area (Å²) in [5.74, 6) is -1.47. The van der Waals surface area contributed by atoms with E-state index in [1.165, 1.54) is 32.3 Å². The van der Waals surface area contributed by atoms with Gasteiger partial charge in [-0.3, -0.25) is 9.52 Å². The van der Waals surface area contributed by atoms with Gasteiger partial charge in [-0.2, -0.15) is 25.9 Å². The van der Waals surface area contributed by atoms with Gasteiger partial charge in [-0.25, -0.2) is 9.37 Å². The zero-order valence-corrected chi connectivity index (χ0v) is 21.9. The van der Waals surface area contributed by atoms with Crippen molar-refractivity contribution in [3.05, 3.63) is 53.0 Å². The highest BCUT2D eigenvalue weighted by molar-refractivity contribution is 7.90. The molecule has 1 fully saturated rings. The van der Waals surface area contributed by atoms with Crippen molar-refractivity contribution in [3.8, 4) is 0 Å². The standard InChI is InChI=1S/C24H31F4N5O3S/c1-15-9-11-33(12-10-15)22-18(6-8-21(30-22)24(26,27)28)14-29-23(34)16(2)17-5-7-20(19(25)13-17)31-37(35,36)32(3)4/h5-8,13,15-16,31H,9-12,14H2,1-4H3,(H,29,34). The predicted molar refractivity (Wildman–Crippen MR) is 133 cm³/mol. The molecule has 13 heteroatoms. The fraction of sp³-hybridized carbons (Fsp3) is 0.500. The van der Waals surface area contributed by atoms with Crippen molar-refractivity contribution in [2.24, 2.45) is 5.92 Å². The summed E-state index contributed by atoms with van der Waals surface area (Å²) in [4.78, 5) is 18.5. The summed E-state index contributed by atoms with van der Waals surface area (Å²) in [6.07, 6.45) is -2.94. The average Bonchev–Trinajstić information content (AvgIpc) is 2.83. The predicted octanol–water partition coefficient (Wildman–Crippen LogP) is 4.11. The van der Waals surface area contributed by atoms with Gasteiger partial charge in [-0.15, -0.1) is 0 Å². The van der Waals surface area contributed by atoms with E-state index < -0.39 is 39.7 Å². The lowest BCUT2D eigenvalue weighted by Crippen LogP contribution is -2.35. The van der Waals surface area contributed by atoms with Crippen LogP contribution >= 0.6 is 0 Å². The highest BCUT2D eigenvalue weighted by Crippen LogP contribution is 2.32. The van der Waals surface area contributed by atoms with Crippen LogP contribution in [-0.4, -0.2) is 50.8 Å². The van der Waals surface area contributed by atoms with Gasteiger partial charge >= 0.3 is 16.4 Å². The second-order valence-electron chi connectivity index (χ2n) is 9.41. The van der Waals surface area contributed by atoms with E-state index in [4.69, 9.17) is 0 Å². The molecule has 0 saturated carbocycles. The first-order chi connectivity index (χ1) is 17.2. The minimum Gasteiger partial charge on any atom is -0.356 e. The number of hydrogen-bond acceptors (Lipinski definition) is 5. The van der Waals surface area contributed by atoms with Crippen LogP contribution in [0.1, 0.15) is 49.4 Å². The number of amides is 1. The zero-order chi connectivity index (χ0) is 27.5. The molecule has 2 N–H and O–H groups in total. The van der Waals surface area contributed by atoms with Crippen molar-refractivity contribution in [1.82, 2.24) is 14.6 Å². The van der Waals surface area contributed by atoms with E-state index in [2.05, 4.69) is 21.9 Å². The number of carbonyl (C=O) groups excluding carboxylic acids is 1. The van der Waals surface area contributed by atoms with E-state index in [1.54, 1.807) is 6.92 Å². The summed E-state index contributed by atoms with van der Waals surface area (Å²) in [7, 11) is -1.32. The molecule has 1 unspecified atom stereocenters. The molecule has 1 aliphatic rings. The topological polar surface area (TPSA) is 94.6 Å². The Morgan fingerprint density at radius 2 is 1.84 bits per heavy atom. The van der Waals surface area contributed by atoms with Crippen molar-refractivity contribution in [1.29, 1.82) is 0 Å². The van der Waals surface area contributed by atoms with Crippen LogP contribution in [0.2, 0.25) is 0 Å². The summed E-state index contributed by atoms with van der Waals surface area (Å²) in [5.41, 5.74) is -0.507. The molecule has 1 saturated heterocycles. The van der Waals surface area contributed by atoms with Crippen LogP contribution in [0.25, 0.3) is 0 Å². The van der Waals surface area contributed by atoms with Gasteiger partial charge in [-0.05, 0) is 49.4 Å². The Balaban J connectivity index is 1.75. The molecule has 2 heterocycles. The quantitative estimate of drug-likeness (QED) is 0.487. The van der Waals surface area contributed by atoms with Crippen LogP contribution in [0, 0.1) is 11.7 Å². The van der Waals surface area contributed by atoms with E-state index >= 15 is 0 Å². The summed E-state index contributed by atoms with van der Waals surface area (Å²) in [6.45, 7) is 4.71. The Bertz CT molecular complexity index is 1230. The third kappa shape index (κ3) is 7.10. The van der Waals surface area contributed by atoms with Crippen LogP contribution in [0.3, 0.4) is 0 Å². The maximum Gasteiger partial charge on any atom is 0.433 e. The molecule has 0 radical (unpaired) electrons. The molecule has 37 heavy (non-hydrogen) atoms. The van der Waals surface area contributed by atoms with Gasteiger partial charge in [0.1, 0.15) is 17.3 Å². The Kier molecular flexibility index (Phi) is 8.68. The number of pyridine rings is 1. The Labute approximate surface area is 214 Å². The number of nitrogens with one attached hydrogen (secondary N) is 2. The third-order valence-corrected chi connectivity index (χ3v) is 7.83. The van der Waals surface area contributed by atoms with Gasteiger partial charge in [0.2, 0.25) is 5.91 Å². The lowest BCUT2D eigenvalue weighted by molar-refractivity contribution is -0.141. The van der Waals surface area contributed by atoms with Crippen LogP contribution in [0.15, 0.2) is 30.3 Å². The normalized spacial score (nSPS) is 16.1. The lowest BCUT2D eigenvalue weighted by Gasteiger charge is -2.33. The molecule has 1 aliphatic heterocycles. The smallest absolute Gasteiger partial charge is 0.356 e. The van der Waals surface area contributed by atoms with E-state index in [0.717, 1.165) is 29.3 Å². The Hall–Kier alpha value is -2.93. The monoisotopic (exact) mass is 545 g/mol. The second kappa shape index (κ2) is 11.2. The summed E-state index contributed by atoms with van der Waals surface area (Å²) in [6, 6.07) is 5.94. The van der Waals surface area contributed by atoms with Crippen LogP contribution in [0.5, 0.6) is 0 Å². The maximum absolute atomic E-state index is 14.6. The van der Waals surface area contributed by atoms with Crippen LogP contribution < -0.4 is 14.9 Å². The molecule has 1 aromatic heterocycles. The summed E-state index contributed by atoms with van der Waals surface area (Å²) < 4.78 is 81.4. The van der Waals surface area contributed by atoms with Gasteiger partial charge < -0.3 is 10.2 Å². The number of carbonyl (C=O) groups is 1. The number of hydrogen-bond donors (Lipinski definition) is 2.